The van der Waals surface area contributed by atoms with E-state index in [2.05, 4.69) is 19.5 Å². The molecule has 11 heteroatoms. The number of carbonyl (C=O) groups is 1. The van der Waals surface area contributed by atoms with Gasteiger partial charge in [-0.05, 0) is 5.53 Å². The van der Waals surface area contributed by atoms with Gasteiger partial charge >= 0.3 is 7.82 Å². The van der Waals surface area contributed by atoms with Crippen LogP contribution in [0.15, 0.2) is 11.3 Å². The maximum Gasteiger partial charge on any atom is 0.469 e. The molecule has 0 fully saturated rings. The molecule has 1 rings (SSSR count). The largest absolute Gasteiger partial charge is 0.505 e. The van der Waals surface area contributed by atoms with Crippen molar-refractivity contribution in [2.24, 2.45) is 5.11 Å². The van der Waals surface area contributed by atoms with Gasteiger partial charge in [-0.25, -0.2) is 4.57 Å². The number of phosphoric ester groups is 1. The highest BCUT2D eigenvalue weighted by Crippen LogP contribution is 2.37. The molecule has 1 aromatic heterocycles. The minimum Gasteiger partial charge on any atom is -0.505 e. The van der Waals surface area contributed by atoms with Crippen molar-refractivity contribution in [1.29, 1.82) is 0 Å². The topological polar surface area (TPSA) is 166 Å². The third-order valence-electron chi connectivity index (χ3n) is 2.04. The standard InChI is InChI=1S/C8H9N4O6P/c9-12-11-2-7-8(14)6(3-13)5(1-10-7)4-18-19(15,16)17/h1,3,14H,2,4H2,(H2,15,16,17). The molecule has 0 aromatic carbocycles. The highest BCUT2D eigenvalue weighted by Gasteiger charge is 2.18. The lowest BCUT2D eigenvalue weighted by atomic mass is 10.1. The van der Waals surface area contributed by atoms with Crippen molar-refractivity contribution < 1.29 is 28.8 Å². The number of hydrogen-bond donors (Lipinski definition) is 3. The van der Waals surface area contributed by atoms with Crippen molar-refractivity contribution in [3.8, 4) is 5.75 Å². The van der Waals surface area contributed by atoms with Crippen molar-refractivity contribution in [2.45, 2.75) is 13.2 Å². The number of azide groups is 1. The molecule has 19 heavy (non-hydrogen) atoms. The summed E-state index contributed by atoms with van der Waals surface area (Å²) in [6, 6.07) is 0. The van der Waals surface area contributed by atoms with E-state index in [0.29, 0.717) is 0 Å². The first-order valence-corrected chi connectivity index (χ1v) is 6.28. The smallest absolute Gasteiger partial charge is 0.469 e. The summed E-state index contributed by atoms with van der Waals surface area (Å²) in [4.78, 5) is 34.1. The van der Waals surface area contributed by atoms with E-state index in [-0.39, 0.29) is 29.7 Å². The average Bonchev–Trinajstić information content (AvgIpc) is 2.34. The second-order valence-electron chi connectivity index (χ2n) is 3.26. The van der Waals surface area contributed by atoms with Gasteiger partial charge in [0.1, 0.15) is 5.75 Å². The molecule has 102 valence electrons. The van der Waals surface area contributed by atoms with Crippen LogP contribution in [0.5, 0.6) is 5.75 Å². The molecular formula is C8H9N4O6P. The molecule has 1 heterocycles. The Balaban J connectivity index is 3.07. The Hall–Kier alpha value is -1.96. The van der Waals surface area contributed by atoms with Crippen LogP contribution in [0.4, 0.5) is 0 Å². The lowest BCUT2D eigenvalue weighted by Crippen LogP contribution is -2.01. The fraction of sp³-hybridized carbons (Fsp3) is 0.250. The second kappa shape index (κ2) is 6.28. The van der Waals surface area contributed by atoms with Crippen LogP contribution in [0.2, 0.25) is 0 Å². The predicted octanol–water partition coefficient (Wildman–Crippen LogP) is 1.02. The summed E-state index contributed by atoms with van der Waals surface area (Å²) in [5.74, 6) is -0.519. The molecule has 0 spiro atoms. The molecule has 0 atom stereocenters. The number of pyridine rings is 1. The van der Waals surface area contributed by atoms with Crippen LogP contribution in [0.1, 0.15) is 21.6 Å². The molecule has 0 aliphatic heterocycles. The number of hydrogen-bond acceptors (Lipinski definition) is 6. The molecule has 0 radical (unpaired) electrons. The van der Waals surface area contributed by atoms with Crippen LogP contribution >= 0.6 is 7.82 Å². The maximum atomic E-state index is 10.9. The van der Waals surface area contributed by atoms with Gasteiger partial charge in [-0.1, -0.05) is 5.11 Å². The van der Waals surface area contributed by atoms with Crippen LogP contribution in [0.3, 0.4) is 0 Å². The SMILES string of the molecule is [N-]=[N+]=NCc1ncc(COP(=O)(O)O)c(C=O)c1O. The Morgan fingerprint density at radius 1 is 1.58 bits per heavy atom. The van der Waals surface area contributed by atoms with Crippen LogP contribution in [-0.2, 0) is 22.2 Å². The molecule has 1 aromatic rings. The first-order valence-electron chi connectivity index (χ1n) is 4.75. The summed E-state index contributed by atoms with van der Waals surface area (Å²) >= 11 is 0. The summed E-state index contributed by atoms with van der Waals surface area (Å²) in [7, 11) is -4.70. The highest BCUT2D eigenvalue weighted by atomic mass is 31.2. The van der Waals surface area contributed by atoms with E-state index in [9.17, 15) is 14.5 Å². The molecule has 0 amide bonds. The van der Waals surface area contributed by atoms with Crippen molar-refractivity contribution in [1.82, 2.24) is 4.98 Å². The Bertz CT molecular complexity index is 579. The lowest BCUT2D eigenvalue weighted by Gasteiger charge is -2.10. The van der Waals surface area contributed by atoms with Gasteiger partial charge in [-0.15, -0.1) is 0 Å². The fourth-order valence-corrected chi connectivity index (χ4v) is 1.52. The summed E-state index contributed by atoms with van der Waals surface area (Å²) in [6.07, 6.45) is 1.39. The van der Waals surface area contributed by atoms with Crippen molar-refractivity contribution in [2.75, 3.05) is 0 Å². The summed E-state index contributed by atoms with van der Waals surface area (Å²) in [6.45, 7) is -0.858. The van der Waals surface area contributed by atoms with Gasteiger partial charge in [0, 0.05) is 16.7 Å². The van der Waals surface area contributed by atoms with Gasteiger partial charge in [0.05, 0.1) is 24.4 Å². The number of aromatic nitrogens is 1. The van der Waals surface area contributed by atoms with Gasteiger partial charge in [0.25, 0.3) is 0 Å². The number of aldehydes is 1. The quantitative estimate of drug-likeness (QED) is 0.231. The summed E-state index contributed by atoms with van der Waals surface area (Å²) in [5.41, 5.74) is 7.89. The molecule has 0 bridgehead atoms. The molecule has 0 unspecified atom stereocenters. The Kier molecular flexibility index (Phi) is 4.99. The van der Waals surface area contributed by atoms with Gasteiger partial charge in [-0.2, -0.15) is 0 Å². The number of aromatic hydroxyl groups is 1. The third-order valence-corrected chi connectivity index (χ3v) is 2.51. The number of nitrogens with zero attached hydrogens (tertiary/aromatic N) is 4. The van der Waals surface area contributed by atoms with E-state index in [0.717, 1.165) is 6.20 Å². The zero-order valence-corrected chi connectivity index (χ0v) is 10.3. The van der Waals surface area contributed by atoms with Crippen LogP contribution < -0.4 is 0 Å². The van der Waals surface area contributed by atoms with Crippen molar-refractivity contribution >= 4 is 14.1 Å². The van der Waals surface area contributed by atoms with E-state index in [1.54, 1.807) is 0 Å². The fourth-order valence-electron chi connectivity index (χ4n) is 1.21. The first-order chi connectivity index (χ1) is 8.89. The van der Waals surface area contributed by atoms with E-state index < -0.39 is 20.2 Å². The van der Waals surface area contributed by atoms with Crippen molar-refractivity contribution in [3.63, 3.8) is 0 Å². The minimum absolute atomic E-state index is 0.000474. The summed E-state index contributed by atoms with van der Waals surface area (Å²) < 4.78 is 14.8. The molecule has 0 aliphatic carbocycles. The minimum atomic E-state index is -4.70. The molecule has 0 saturated carbocycles. The van der Waals surface area contributed by atoms with Gasteiger partial charge < -0.3 is 14.9 Å². The third kappa shape index (κ3) is 4.32. The van der Waals surface area contributed by atoms with E-state index in [1.807, 2.05) is 0 Å². The molecule has 3 N–H and O–H groups in total. The molecule has 0 aliphatic rings. The number of phosphoric acid groups is 1. The Morgan fingerprint density at radius 3 is 2.79 bits per heavy atom. The number of carbonyl (C=O) groups excluding carboxylic acids is 1. The predicted molar refractivity (Wildman–Crippen MR) is 61.0 cm³/mol. The molecule has 10 nitrogen and oxygen atoms in total. The van der Waals surface area contributed by atoms with Gasteiger partial charge in [0.2, 0.25) is 0 Å². The highest BCUT2D eigenvalue weighted by molar-refractivity contribution is 7.46. The lowest BCUT2D eigenvalue weighted by molar-refractivity contribution is 0.111. The Morgan fingerprint density at radius 2 is 2.26 bits per heavy atom. The van der Waals surface area contributed by atoms with Gasteiger partial charge in [-0.3, -0.25) is 14.3 Å². The van der Waals surface area contributed by atoms with Gasteiger partial charge in [0.15, 0.2) is 6.29 Å². The molecule has 0 saturated heterocycles. The maximum absolute atomic E-state index is 10.9. The van der Waals surface area contributed by atoms with Crippen LogP contribution in [-0.4, -0.2) is 26.2 Å². The van der Waals surface area contributed by atoms with E-state index in [4.69, 9.17) is 15.3 Å². The number of rotatable bonds is 6. The average molecular weight is 288 g/mol. The Labute approximate surface area is 106 Å². The monoisotopic (exact) mass is 288 g/mol. The van der Waals surface area contributed by atoms with Crippen molar-refractivity contribution in [3.05, 3.63) is 33.5 Å². The second-order valence-corrected chi connectivity index (χ2v) is 4.50. The first kappa shape index (κ1) is 15.1. The van der Waals surface area contributed by atoms with Crippen LogP contribution in [0.25, 0.3) is 10.4 Å². The van der Waals surface area contributed by atoms with Crippen LogP contribution in [0, 0.1) is 0 Å². The zero-order chi connectivity index (χ0) is 14.5. The zero-order valence-electron chi connectivity index (χ0n) is 9.37. The van der Waals surface area contributed by atoms with E-state index >= 15 is 0 Å². The van der Waals surface area contributed by atoms with E-state index in [1.165, 1.54) is 0 Å². The summed E-state index contributed by atoms with van der Waals surface area (Å²) in [5, 5.41) is 12.9. The molecular weight excluding hydrogens is 279 g/mol. The normalized spacial score (nSPS) is 10.8.